The van der Waals surface area contributed by atoms with E-state index >= 15 is 0 Å². The summed E-state index contributed by atoms with van der Waals surface area (Å²) < 4.78 is 35.4. The van der Waals surface area contributed by atoms with Crippen LogP contribution in [0.4, 0.5) is 11.5 Å². The number of rotatable bonds is 11. The van der Waals surface area contributed by atoms with Crippen molar-refractivity contribution in [3.63, 3.8) is 0 Å². The predicted octanol–water partition coefficient (Wildman–Crippen LogP) is 5.17. The topological polar surface area (TPSA) is 120 Å². The molecule has 0 amide bonds. The number of sulfonamides is 1. The molecule has 0 radical (unpaired) electrons. The number of likely N-dealkylation sites (tertiary alicyclic amines) is 1. The molecule has 2 heterocycles. The number of hydrogen-bond donors (Lipinski definition) is 2. The van der Waals surface area contributed by atoms with Gasteiger partial charge in [-0.15, -0.1) is 0 Å². The first-order valence-corrected chi connectivity index (χ1v) is 16.4. The van der Waals surface area contributed by atoms with Gasteiger partial charge in [-0.05, 0) is 101 Å². The summed E-state index contributed by atoms with van der Waals surface area (Å²) in [5.41, 5.74) is 1.44. The molecule has 0 unspecified atom stereocenters. The highest BCUT2D eigenvalue weighted by atomic mass is 32.2. The SMILES string of the molecule is CN1CCC(CCOc2nc(C#N)nc(NCC3CCC4(CCC4)CC3)c2NS(=O)(=O)Cc2ccccc2)CC1. The van der Waals surface area contributed by atoms with Crippen molar-refractivity contribution >= 4 is 21.5 Å². The molecule has 40 heavy (non-hydrogen) atoms. The molecule has 9 nitrogen and oxygen atoms in total. The van der Waals surface area contributed by atoms with Gasteiger partial charge in [0.05, 0.1) is 12.4 Å². The number of benzene rings is 1. The second-order valence-electron chi connectivity index (χ2n) is 12.1. The van der Waals surface area contributed by atoms with Crippen LogP contribution in [0.1, 0.15) is 75.6 Å². The Bertz CT molecular complexity index is 1270. The van der Waals surface area contributed by atoms with Crippen LogP contribution < -0.4 is 14.8 Å². The lowest BCUT2D eigenvalue weighted by Crippen LogP contribution is -2.35. The van der Waals surface area contributed by atoms with E-state index in [1.165, 1.54) is 32.1 Å². The number of nitrogens with one attached hydrogen (secondary N) is 2. The van der Waals surface area contributed by atoms with E-state index in [-0.39, 0.29) is 23.1 Å². The summed E-state index contributed by atoms with van der Waals surface area (Å²) in [5.74, 6) is 1.22. The molecular formula is C30H42N6O3S. The third-order valence-corrected chi connectivity index (χ3v) is 10.4. The highest BCUT2D eigenvalue weighted by Gasteiger charge is 2.39. The van der Waals surface area contributed by atoms with Crippen LogP contribution in [0.2, 0.25) is 0 Å². The summed E-state index contributed by atoms with van der Waals surface area (Å²) >= 11 is 0. The zero-order valence-corrected chi connectivity index (χ0v) is 24.4. The summed E-state index contributed by atoms with van der Waals surface area (Å²) in [4.78, 5) is 11.0. The summed E-state index contributed by atoms with van der Waals surface area (Å²) in [6.45, 7) is 3.20. The van der Waals surface area contributed by atoms with Crippen molar-refractivity contribution in [2.45, 2.75) is 70.0 Å². The fourth-order valence-corrected chi connectivity index (χ4v) is 7.58. The molecule has 1 saturated heterocycles. The maximum atomic E-state index is 13.3. The van der Waals surface area contributed by atoms with Crippen molar-refractivity contribution in [2.24, 2.45) is 17.3 Å². The number of aromatic nitrogens is 2. The van der Waals surface area contributed by atoms with Crippen LogP contribution in [-0.4, -0.2) is 56.6 Å². The molecule has 5 rings (SSSR count). The van der Waals surface area contributed by atoms with Gasteiger partial charge in [-0.25, -0.2) is 8.42 Å². The third kappa shape index (κ3) is 7.43. The molecule has 1 spiro atoms. The lowest BCUT2D eigenvalue weighted by molar-refractivity contribution is 0.0581. The lowest BCUT2D eigenvalue weighted by atomic mass is 9.59. The van der Waals surface area contributed by atoms with E-state index in [9.17, 15) is 13.7 Å². The minimum atomic E-state index is -3.80. The highest BCUT2D eigenvalue weighted by molar-refractivity contribution is 7.91. The molecule has 2 saturated carbocycles. The van der Waals surface area contributed by atoms with Gasteiger partial charge in [-0.3, -0.25) is 4.72 Å². The van der Waals surface area contributed by atoms with Crippen molar-refractivity contribution in [1.82, 2.24) is 14.9 Å². The zero-order chi connectivity index (χ0) is 28.0. The highest BCUT2D eigenvalue weighted by Crippen LogP contribution is 2.52. The molecule has 2 aliphatic carbocycles. The zero-order valence-electron chi connectivity index (χ0n) is 23.6. The van der Waals surface area contributed by atoms with Crippen molar-refractivity contribution < 1.29 is 13.2 Å². The van der Waals surface area contributed by atoms with E-state index in [1.54, 1.807) is 12.1 Å². The van der Waals surface area contributed by atoms with Crippen LogP contribution >= 0.6 is 0 Å². The summed E-state index contributed by atoms with van der Waals surface area (Å²) in [7, 11) is -1.66. The van der Waals surface area contributed by atoms with Gasteiger partial charge in [0.15, 0.2) is 11.5 Å². The lowest BCUT2D eigenvalue weighted by Gasteiger charge is -2.47. The molecule has 1 aromatic heterocycles. The maximum Gasteiger partial charge on any atom is 0.244 e. The average Bonchev–Trinajstić information content (AvgIpc) is 2.93. The van der Waals surface area contributed by atoms with Gasteiger partial charge in [0.1, 0.15) is 6.07 Å². The van der Waals surface area contributed by atoms with Crippen LogP contribution in [0.15, 0.2) is 30.3 Å². The molecule has 1 aromatic carbocycles. The fourth-order valence-electron chi connectivity index (χ4n) is 6.38. The Hall–Kier alpha value is -2.90. The standard InChI is InChI=1S/C30H42N6O3S/c1-36-17-10-23(11-18-36)12-19-39-29-27(35-40(37,38)22-25-6-3-2-4-7-25)28(33-26(20-31)34-29)32-21-24-8-15-30(16-9-24)13-5-14-30/h2-4,6-7,23-24,35H,5,8-19,21-22H2,1H3,(H,32,33,34). The van der Waals surface area contributed by atoms with Crippen molar-refractivity contribution in [1.29, 1.82) is 5.26 Å². The normalized spacial score (nSPS) is 20.0. The van der Waals surface area contributed by atoms with Gasteiger partial charge in [0, 0.05) is 6.54 Å². The first-order valence-electron chi connectivity index (χ1n) is 14.7. The Kier molecular flexibility index (Phi) is 9.11. The smallest absolute Gasteiger partial charge is 0.244 e. The molecule has 0 bridgehead atoms. The largest absolute Gasteiger partial charge is 0.476 e. The Labute approximate surface area is 238 Å². The van der Waals surface area contributed by atoms with Crippen molar-refractivity contribution in [2.75, 3.05) is 43.3 Å². The number of nitrogens with zero attached hydrogens (tertiary/aromatic N) is 4. The third-order valence-electron chi connectivity index (χ3n) is 9.17. The van der Waals surface area contributed by atoms with Gasteiger partial charge >= 0.3 is 0 Å². The first-order chi connectivity index (χ1) is 19.3. The van der Waals surface area contributed by atoms with Crippen LogP contribution in [0.25, 0.3) is 0 Å². The first kappa shape index (κ1) is 28.6. The van der Waals surface area contributed by atoms with Crippen molar-refractivity contribution in [3.05, 3.63) is 41.7 Å². The number of nitriles is 1. The number of piperidine rings is 1. The van der Waals surface area contributed by atoms with Gasteiger partial charge in [-0.1, -0.05) is 36.8 Å². The number of ether oxygens (including phenoxy) is 1. The Balaban J connectivity index is 1.33. The van der Waals surface area contributed by atoms with E-state index in [0.717, 1.165) is 45.2 Å². The number of hydrogen-bond acceptors (Lipinski definition) is 8. The maximum absolute atomic E-state index is 13.3. The molecule has 10 heteroatoms. The average molecular weight is 567 g/mol. The van der Waals surface area contributed by atoms with Crippen LogP contribution in [0.5, 0.6) is 5.88 Å². The Morgan fingerprint density at radius 1 is 1.05 bits per heavy atom. The molecular weight excluding hydrogens is 524 g/mol. The minimum Gasteiger partial charge on any atom is -0.476 e. The predicted molar refractivity (Wildman–Crippen MR) is 157 cm³/mol. The molecule has 3 aliphatic rings. The van der Waals surface area contributed by atoms with Gasteiger partial charge < -0.3 is 15.0 Å². The van der Waals surface area contributed by atoms with Gasteiger partial charge in [0.2, 0.25) is 21.7 Å². The molecule has 0 atom stereocenters. The number of anilines is 2. The molecule has 1 aliphatic heterocycles. The Morgan fingerprint density at radius 2 is 1.77 bits per heavy atom. The fraction of sp³-hybridized carbons (Fsp3) is 0.633. The summed E-state index contributed by atoms with van der Waals surface area (Å²) in [6.07, 6.45) is 12.0. The van der Waals surface area contributed by atoms with Gasteiger partial charge in [0.25, 0.3) is 0 Å². The summed E-state index contributed by atoms with van der Waals surface area (Å²) in [5, 5.41) is 13.0. The van der Waals surface area contributed by atoms with Crippen LogP contribution in [0.3, 0.4) is 0 Å². The Morgan fingerprint density at radius 3 is 2.42 bits per heavy atom. The molecule has 3 fully saturated rings. The van der Waals surface area contributed by atoms with E-state index in [2.05, 4.69) is 32.0 Å². The van der Waals surface area contributed by atoms with Crippen molar-refractivity contribution in [3.8, 4) is 11.9 Å². The van der Waals surface area contributed by atoms with Gasteiger partial charge in [-0.2, -0.15) is 15.2 Å². The second kappa shape index (κ2) is 12.7. The molecule has 2 N–H and O–H groups in total. The monoisotopic (exact) mass is 566 g/mol. The van der Waals surface area contributed by atoms with Crippen LogP contribution in [-0.2, 0) is 15.8 Å². The quantitative estimate of drug-likeness (QED) is 0.382. The van der Waals surface area contributed by atoms with E-state index in [0.29, 0.717) is 41.8 Å². The van der Waals surface area contributed by atoms with Crippen LogP contribution in [0, 0.1) is 28.6 Å². The molecule has 216 valence electrons. The summed E-state index contributed by atoms with van der Waals surface area (Å²) in [6, 6.07) is 11.1. The molecule has 2 aromatic rings. The van der Waals surface area contributed by atoms with E-state index in [1.807, 2.05) is 24.3 Å². The van der Waals surface area contributed by atoms with E-state index in [4.69, 9.17) is 4.74 Å². The van der Waals surface area contributed by atoms with E-state index < -0.39 is 10.0 Å². The second-order valence-corrected chi connectivity index (χ2v) is 13.8. The minimum absolute atomic E-state index is 0.0418.